The molecule has 5 nitrogen and oxygen atoms in total. The van der Waals surface area contributed by atoms with Gasteiger partial charge in [-0.15, -0.1) is 11.3 Å². The van der Waals surface area contributed by atoms with Gasteiger partial charge < -0.3 is 9.47 Å². The van der Waals surface area contributed by atoms with Gasteiger partial charge in [0.15, 0.2) is 12.4 Å². The summed E-state index contributed by atoms with van der Waals surface area (Å²) in [7, 11) is 1.53. The van der Waals surface area contributed by atoms with Crippen molar-refractivity contribution in [1.29, 1.82) is 0 Å². The fourth-order valence-electron chi connectivity index (χ4n) is 2.47. The highest BCUT2D eigenvalue weighted by Crippen LogP contribution is 2.27. The Bertz CT molecular complexity index is 984. The summed E-state index contributed by atoms with van der Waals surface area (Å²) in [5, 5.41) is 1.99. The van der Waals surface area contributed by atoms with Crippen molar-refractivity contribution in [2.75, 3.05) is 13.7 Å². The molecular weight excluding hydrogens is 394 g/mol. The second-order valence-electron chi connectivity index (χ2n) is 5.93. The number of hydrogen-bond acceptors (Lipinski definition) is 7. The number of ether oxygens (including phenoxy) is 2. The van der Waals surface area contributed by atoms with Gasteiger partial charge in [-0.2, -0.15) is 0 Å². The standard InChI is InChI=1S/C21H19NO4S2/c1-14-12-27-21(22-14)28-13-16-6-3-4-9-18(16)20(24)26-11-19(23)15-7-5-8-17(10-15)25-2/h3-10,12H,11,13H2,1-2H3. The van der Waals surface area contributed by atoms with Gasteiger partial charge in [-0.25, -0.2) is 9.78 Å². The monoisotopic (exact) mass is 413 g/mol. The van der Waals surface area contributed by atoms with Gasteiger partial charge in [0.25, 0.3) is 0 Å². The molecular formula is C21H19NO4S2. The quantitative estimate of drug-likeness (QED) is 0.300. The SMILES string of the molecule is COc1cccc(C(=O)COC(=O)c2ccccc2CSc2nc(C)cs2)c1. The Hall–Kier alpha value is -2.64. The van der Waals surface area contributed by atoms with Crippen LogP contribution in [-0.2, 0) is 10.5 Å². The number of hydrogen-bond donors (Lipinski definition) is 0. The molecule has 0 aliphatic heterocycles. The molecule has 0 aliphatic carbocycles. The molecule has 0 bridgehead atoms. The van der Waals surface area contributed by atoms with Crippen LogP contribution in [0.3, 0.4) is 0 Å². The minimum atomic E-state index is -0.511. The molecule has 0 saturated carbocycles. The van der Waals surface area contributed by atoms with E-state index in [1.165, 1.54) is 7.11 Å². The van der Waals surface area contributed by atoms with Gasteiger partial charge >= 0.3 is 5.97 Å². The van der Waals surface area contributed by atoms with Crippen LogP contribution < -0.4 is 4.74 Å². The first kappa shape index (κ1) is 20.1. The van der Waals surface area contributed by atoms with Crippen LogP contribution >= 0.6 is 23.1 Å². The van der Waals surface area contributed by atoms with Gasteiger partial charge in [0.05, 0.1) is 12.7 Å². The average Bonchev–Trinajstić information content (AvgIpc) is 3.15. The number of ketones is 1. The van der Waals surface area contributed by atoms with Crippen molar-refractivity contribution in [2.24, 2.45) is 0 Å². The topological polar surface area (TPSA) is 65.5 Å². The minimum Gasteiger partial charge on any atom is -0.497 e. The summed E-state index contributed by atoms with van der Waals surface area (Å²) in [5.41, 5.74) is 2.73. The number of thiazole rings is 1. The fourth-order valence-corrected chi connectivity index (χ4v) is 4.33. The van der Waals surface area contributed by atoms with E-state index in [2.05, 4.69) is 4.98 Å². The zero-order valence-corrected chi connectivity index (χ0v) is 17.1. The predicted molar refractivity (Wildman–Crippen MR) is 110 cm³/mol. The number of esters is 1. The lowest BCUT2D eigenvalue weighted by molar-refractivity contribution is 0.0474. The van der Waals surface area contributed by atoms with Crippen LogP contribution in [0.4, 0.5) is 0 Å². The second kappa shape index (κ2) is 9.52. The van der Waals surface area contributed by atoms with Crippen LogP contribution in [0.5, 0.6) is 5.75 Å². The molecule has 0 aliphatic rings. The number of rotatable bonds is 8. The van der Waals surface area contributed by atoms with Crippen LogP contribution in [0.15, 0.2) is 58.3 Å². The molecule has 0 radical (unpaired) electrons. The van der Waals surface area contributed by atoms with E-state index in [0.717, 1.165) is 15.6 Å². The molecule has 3 rings (SSSR count). The summed E-state index contributed by atoms with van der Waals surface area (Å²) >= 11 is 3.15. The number of aryl methyl sites for hydroxylation is 1. The van der Waals surface area contributed by atoms with Gasteiger partial charge in [0.2, 0.25) is 0 Å². The van der Waals surface area contributed by atoms with Gasteiger partial charge in [-0.3, -0.25) is 4.79 Å². The lowest BCUT2D eigenvalue weighted by atomic mass is 10.1. The summed E-state index contributed by atoms with van der Waals surface area (Å²) < 4.78 is 11.3. The second-order valence-corrected chi connectivity index (χ2v) is 8.01. The van der Waals surface area contributed by atoms with Crippen molar-refractivity contribution >= 4 is 34.9 Å². The van der Waals surface area contributed by atoms with Crippen LogP contribution in [0, 0.1) is 6.92 Å². The Labute approximate surface area is 171 Å². The first-order valence-corrected chi connectivity index (χ1v) is 10.4. The van der Waals surface area contributed by atoms with E-state index in [9.17, 15) is 9.59 Å². The Morgan fingerprint density at radius 2 is 1.96 bits per heavy atom. The summed E-state index contributed by atoms with van der Waals surface area (Å²) in [6, 6.07) is 14.0. The van der Waals surface area contributed by atoms with Gasteiger partial charge in [-0.05, 0) is 30.7 Å². The van der Waals surface area contributed by atoms with Crippen LogP contribution in [0.2, 0.25) is 0 Å². The van der Waals surface area contributed by atoms with Crippen LogP contribution in [-0.4, -0.2) is 30.5 Å². The summed E-state index contributed by atoms with van der Waals surface area (Å²) in [5.74, 6) is 0.388. The molecule has 0 amide bonds. The molecule has 3 aromatic rings. The number of thioether (sulfide) groups is 1. The molecule has 144 valence electrons. The maximum absolute atomic E-state index is 12.5. The fraction of sp³-hybridized carbons (Fsp3) is 0.190. The van der Waals surface area contributed by atoms with E-state index < -0.39 is 5.97 Å². The lowest BCUT2D eigenvalue weighted by Crippen LogP contribution is -2.15. The van der Waals surface area contributed by atoms with Crippen molar-refractivity contribution in [3.05, 3.63) is 76.3 Å². The van der Waals surface area contributed by atoms with E-state index in [1.807, 2.05) is 24.4 Å². The molecule has 0 spiro atoms. The number of benzene rings is 2. The Balaban J connectivity index is 1.63. The number of aromatic nitrogens is 1. The van der Waals surface area contributed by atoms with Crippen molar-refractivity contribution in [3.63, 3.8) is 0 Å². The number of methoxy groups -OCH3 is 1. The van der Waals surface area contributed by atoms with Crippen molar-refractivity contribution in [1.82, 2.24) is 4.98 Å². The van der Waals surface area contributed by atoms with E-state index in [1.54, 1.807) is 59.5 Å². The average molecular weight is 414 g/mol. The summed E-state index contributed by atoms with van der Waals surface area (Å²) in [6.07, 6.45) is 0. The zero-order chi connectivity index (χ0) is 19.9. The molecule has 1 aromatic heterocycles. The smallest absolute Gasteiger partial charge is 0.338 e. The predicted octanol–water partition coefficient (Wildman–Crippen LogP) is 4.79. The number of Topliss-reactive ketones (excluding diaryl/α,β-unsaturated/α-hetero) is 1. The maximum Gasteiger partial charge on any atom is 0.338 e. The number of carbonyl (C=O) groups is 2. The van der Waals surface area contributed by atoms with E-state index in [4.69, 9.17) is 9.47 Å². The number of nitrogens with zero attached hydrogens (tertiary/aromatic N) is 1. The van der Waals surface area contributed by atoms with E-state index in [-0.39, 0.29) is 12.4 Å². The van der Waals surface area contributed by atoms with Crippen molar-refractivity contribution in [3.8, 4) is 5.75 Å². The van der Waals surface area contributed by atoms with E-state index >= 15 is 0 Å². The Kier molecular flexibility index (Phi) is 6.84. The lowest BCUT2D eigenvalue weighted by Gasteiger charge is -2.09. The molecule has 2 aromatic carbocycles. The van der Waals surface area contributed by atoms with Crippen LogP contribution in [0.25, 0.3) is 0 Å². The first-order valence-electron chi connectivity index (χ1n) is 8.54. The molecule has 0 fully saturated rings. The van der Waals surface area contributed by atoms with Gasteiger partial charge in [0, 0.05) is 22.4 Å². The molecule has 0 saturated heterocycles. The normalized spacial score (nSPS) is 10.5. The molecule has 28 heavy (non-hydrogen) atoms. The van der Waals surface area contributed by atoms with Gasteiger partial charge in [-0.1, -0.05) is 42.1 Å². The molecule has 0 N–H and O–H groups in total. The third-order valence-electron chi connectivity index (χ3n) is 3.91. The van der Waals surface area contributed by atoms with Crippen molar-refractivity contribution in [2.45, 2.75) is 17.0 Å². The van der Waals surface area contributed by atoms with Gasteiger partial charge in [0.1, 0.15) is 10.1 Å². The first-order chi connectivity index (χ1) is 13.6. The highest BCUT2D eigenvalue weighted by atomic mass is 32.2. The molecule has 7 heteroatoms. The molecule has 1 heterocycles. The maximum atomic E-state index is 12.5. The third-order valence-corrected chi connectivity index (χ3v) is 6.10. The minimum absolute atomic E-state index is 0.280. The van der Waals surface area contributed by atoms with Crippen LogP contribution in [0.1, 0.15) is 32.0 Å². The Morgan fingerprint density at radius 3 is 2.71 bits per heavy atom. The summed E-state index contributed by atoms with van der Waals surface area (Å²) in [4.78, 5) is 29.2. The van der Waals surface area contributed by atoms with Crippen molar-refractivity contribution < 1.29 is 19.1 Å². The largest absolute Gasteiger partial charge is 0.497 e. The van der Waals surface area contributed by atoms with E-state index in [0.29, 0.717) is 22.6 Å². The highest BCUT2D eigenvalue weighted by Gasteiger charge is 2.16. The summed E-state index contributed by atoms with van der Waals surface area (Å²) in [6.45, 7) is 1.63. The molecule has 0 atom stereocenters. The Morgan fingerprint density at radius 1 is 1.14 bits per heavy atom. The zero-order valence-electron chi connectivity index (χ0n) is 15.5. The highest BCUT2D eigenvalue weighted by molar-refractivity contribution is 8.00. The number of carbonyl (C=O) groups excluding carboxylic acids is 2. The third kappa shape index (κ3) is 5.21. The molecule has 0 unspecified atom stereocenters.